The minimum absolute atomic E-state index is 0.103. The Hall–Kier alpha value is -0.910. The molecule has 1 fully saturated rings. The molecule has 23 heavy (non-hydrogen) atoms. The molecule has 0 N–H and O–H groups in total. The van der Waals surface area contributed by atoms with E-state index in [1.54, 1.807) is 20.8 Å². The fraction of sp³-hybridized carbons (Fsp3) is 0.867. The first-order valence-corrected chi connectivity index (χ1v) is 9.62. The van der Waals surface area contributed by atoms with Crippen LogP contribution in [-0.2, 0) is 32.7 Å². The van der Waals surface area contributed by atoms with Gasteiger partial charge in [-0.25, -0.2) is 0 Å². The van der Waals surface area contributed by atoms with E-state index in [0.29, 0.717) is 12.8 Å². The number of methoxy groups -OCH3 is 1. The molecule has 0 saturated heterocycles. The van der Waals surface area contributed by atoms with Gasteiger partial charge in [0.1, 0.15) is 0 Å². The summed E-state index contributed by atoms with van der Waals surface area (Å²) in [6.45, 7) is 5.32. The summed E-state index contributed by atoms with van der Waals surface area (Å²) >= 11 is 0. The van der Waals surface area contributed by atoms with Crippen molar-refractivity contribution in [2.24, 2.45) is 5.92 Å². The Kier molecular flexibility index (Phi) is 7.71. The lowest BCUT2D eigenvalue weighted by Gasteiger charge is -2.43. The quantitative estimate of drug-likeness (QED) is 0.491. The third-order valence-electron chi connectivity index (χ3n) is 4.08. The van der Waals surface area contributed by atoms with Crippen molar-refractivity contribution >= 4 is 19.5 Å². The molecule has 0 aliphatic heterocycles. The summed E-state index contributed by atoms with van der Waals surface area (Å²) in [4.78, 5) is 25.1. The number of carbonyl (C=O) groups is 2. The zero-order chi connectivity index (χ0) is 17.5. The van der Waals surface area contributed by atoms with E-state index >= 15 is 0 Å². The van der Waals surface area contributed by atoms with Crippen molar-refractivity contribution in [3.05, 3.63) is 0 Å². The summed E-state index contributed by atoms with van der Waals surface area (Å²) in [6.07, 6.45) is 1.97. The van der Waals surface area contributed by atoms with Crippen molar-refractivity contribution in [1.29, 1.82) is 0 Å². The number of hydrogen-bond donors (Lipinski definition) is 0. The number of esters is 2. The van der Waals surface area contributed by atoms with Crippen LogP contribution in [0.5, 0.6) is 0 Å². The molecule has 0 bridgehead atoms. The van der Waals surface area contributed by atoms with E-state index in [1.165, 1.54) is 7.11 Å². The normalized spacial score (nSPS) is 25.0. The lowest BCUT2D eigenvalue weighted by molar-refractivity contribution is -0.160. The van der Waals surface area contributed by atoms with Crippen molar-refractivity contribution in [1.82, 2.24) is 0 Å². The Bertz CT molecular complexity index is 455. The second-order valence-electron chi connectivity index (χ2n) is 5.30. The summed E-state index contributed by atoms with van der Waals surface area (Å²) in [5.74, 6) is -2.19. The maximum atomic E-state index is 13.5. The molecule has 1 aliphatic carbocycles. The molecule has 0 aromatic heterocycles. The molecule has 0 spiro atoms. The van der Waals surface area contributed by atoms with Crippen LogP contribution in [0.4, 0.5) is 0 Å². The lowest BCUT2D eigenvalue weighted by Crippen LogP contribution is -2.52. The molecular formula is C15H27O7P. The molecule has 0 aromatic rings. The molecule has 1 saturated carbocycles. The third-order valence-corrected chi connectivity index (χ3v) is 6.97. The van der Waals surface area contributed by atoms with Crippen LogP contribution in [0.3, 0.4) is 0 Å². The van der Waals surface area contributed by atoms with Gasteiger partial charge in [0.05, 0.1) is 32.8 Å². The first kappa shape index (κ1) is 20.1. The van der Waals surface area contributed by atoms with Crippen LogP contribution < -0.4 is 0 Å². The molecule has 1 aliphatic rings. The molecule has 0 aromatic carbocycles. The fourth-order valence-corrected chi connectivity index (χ4v) is 5.71. The zero-order valence-electron chi connectivity index (χ0n) is 14.3. The predicted molar refractivity (Wildman–Crippen MR) is 84.2 cm³/mol. The number of rotatable bonds is 8. The lowest BCUT2D eigenvalue weighted by atomic mass is 9.78. The highest BCUT2D eigenvalue weighted by atomic mass is 31.2. The number of ether oxygens (including phenoxy) is 2. The number of carbonyl (C=O) groups excluding carboxylic acids is 2. The monoisotopic (exact) mass is 350 g/mol. The van der Waals surface area contributed by atoms with Gasteiger partial charge >= 0.3 is 19.5 Å². The highest BCUT2D eigenvalue weighted by Gasteiger charge is 2.65. The highest BCUT2D eigenvalue weighted by Crippen LogP contribution is 2.67. The van der Waals surface area contributed by atoms with Crippen molar-refractivity contribution in [2.45, 2.75) is 51.6 Å². The van der Waals surface area contributed by atoms with Crippen LogP contribution in [0.2, 0.25) is 0 Å². The minimum Gasteiger partial charge on any atom is -0.469 e. The Labute approximate surface area is 137 Å². The first-order chi connectivity index (χ1) is 10.9. The molecule has 1 rings (SSSR count). The molecular weight excluding hydrogens is 323 g/mol. The predicted octanol–water partition coefficient (Wildman–Crippen LogP) is 2.92. The summed E-state index contributed by atoms with van der Waals surface area (Å²) < 4.78 is 34.4. The minimum atomic E-state index is -3.91. The van der Waals surface area contributed by atoms with Crippen molar-refractivity contribution in [2.75, 3.05) is 26.9 Å². The average molecular weight is 350 g/mol. The van der Waals surface area contributed by atoms with E-state index in [-0.39, 0.29) is 26.2 Å². The van der Waals surface area contributed by atoms with Gasteiger partial charge in [0.2, 0.25) is 0 Å². The van der Waals surface area contributed by atoms with Crippen LogP contribution in [0, 0.1) is 5.92 Å². The Morgan fingerprint density at radius 3 is 2.17 bits per heavy atom. The van der Waals surface area contributed by atoms with E-state index < -0.39 is 30.6 Å². The zero-order valence-corrected chi connectivity index (χ0v) is 15.2. The van der Waals surface area contributed by atoms with Gasteiger partial charge in [-0.1, -0.05) is 12.8 Å². The van der Waals surface area contributed by atoms with Crippen LogP contribution >= 0.6 is 7.60 Å². The van der Waals surface area contributed by atoms with E-state index in [0.717, 1.165) is 6.42 Å². The molecule has 8 heteroatoms. The number of hydrogen-bond acceptors (Lipinski definition) is 7. The molecule has 2 unspecified atom stereocenters. The third kappa shape index (κ3) is 3.78. The SMILES string of the molecule is CCOC(=O)C1(P(=O)(OCC)OCC)CCCCC1C(=O)OC. The molecule has 0 heterocycles. The van der Waals surface area contributed by atoms with Crippen molar-refractivity contribution < 1.29 is 32.7 Å². The second kappa shape index (κ2) is 8.81. The average Bonchev–Trinajstić information content (AvgIpc) is 2.54. The van der Waals surface area contributed by atoms with Gasteiger partial charge in [-0.3, -0.25) is 14.2 Å². The second-order valence-corrected chi connectivity index (χ2v) is 7.61. The molecule has 0 radical (unpaired) electrons. The van der Waals surface area contributed by atoms with Gasteiger partial charge in [-0.2, -0.15) is 0 Å². The standard InChI is InChI=1S/C15H27O7P/c1-5-20-14(17)15(23(18,21-6-2)22-7-3)11-9-8-10-12(15)13(16)19-4/h12H,5-11H2,1-4H3. The maximum Gasteiger partial charge on any atom is 0.348 e. The molecule has 7 nitrogen and oxygen atoms in total. The Morgan fingerprint density at radius 1 is 1.09 bits per heavy atom. The van der Waals surface area contributed by atoms with Gasteiger partial charge in [0.25, 0.3) is 0 Å². The van der Waals surface area contributed by atoms with Gasteiger partial charge in [0.15, 0.2) is 5.16 Å². The van der Waals surface area contributed by atoms with Gasteiger partial charge in [0, 0.05) is 0 Å². The highest BCUT2D eigenvalue weighted by molar-refractivity contribution is 7.57. The summed E-state index contributed by atoms with van der Waals surface area (Å²) in [6, 6.07) is 0. The van der Waals surface area contributed by atoms with Crippen LogP contribution in [0.15, 0.2) is 0 Å². The largest absolute Gasteiger partial charge is 0.469 e. The van der Waals surface area contributed by atoms with Crippen LogP contribution in [0.25, 0.3) is 0 Å². The molecule has 0 amide bonds. The Morgan fingerprint density at radius 2 is 1.70 bits per heavy atom. The van der Waals surface area contributed by atoms with Crippen LogP contribution in [-0.4, -0.2) is 44.0 Å². The maximum absolute atomic E-state index is 13.5. The first-order valence-electron chi connectivity index (χ1n) is 8.07. The summed E-state index contributed by atoms with van der Waals surface area (Å²) in [7, 11) is -2.66. The molecule has 134 valence electrons. The summed E-state index contributed by atoms with van der Waals surface area (Å²) in [5, 5.41) is -1.64. The van der Waals surface area contributed by atoms with Gasteiger partial charge in [-0.15, -0.1) is 0 Å². The smallest absolute Gasteiger partial charge is 0.348 e. The fourth-order valence-electron chi connectivity index (χ4n) is 3.16. The van der Waals surface area contributed by atoms with E-state index in [4.69, 9.17) is 18.5 Å². The van der Waals surface area contributed by atoms with E-state index in [9.17, 15) is 14.2 Å². The summed E-state index contributed by atoms with van der Waals surface area (Å²) in [5.41, 5.74) is 0. The molecule has 2 atom stereocenters. The van der Waals surface area contributed by atoms with Crippen molar-refractivity contribution in [3.8, 4) is 0 Å². The Balaban J connectivity index is 3.47. The van der Waals surface area contributed by atoms with Gasteiger partial charge < -0.3 is 18.5 Å². The van der Waals surface area contributed by atoms with Gasteiger partial charge in [-0.05, 0) is 33.6 Å². The van der Waals surface area contributed by atoms with Crippen LogP contribution in [0.1, 0.15) is 46.5 Å². The van der Waals surface area contributed by atoms with E-state index in [2.05, 4.69) is 0 Å². The van der Waals surface area contributed by atoms with Crippen molar-refractivity contribution in [3.63, 3.8) is 0 Å². The van der Waals surface area contributed by atoms with E-state index in [1.807, 2.05) is 0 Å². The topological polar surface area (TPSA) is 88.1 Å².